The van der Waals surface area contributed by atoms with E-state index in [-0.39, 0.29) is 17.9 Å². The van der Waals surface area contributed by atoms with Gasteiger partial charge in [-0.3, -0.25) is 9.59 Å². The molecule has 0 aliphatic carbocycles. The van der Waals surface area contributed by atoms with Crippen LogP contribution in [-0.2, 0) is 11.2 Å². The topological polar surface area (TPSA) is 62.6 Å². The number of nitrogens with zero attached hydrogens (tertiary/aromatic N) is 1. The Morgan fingerprint density at radius 1 is 1.24 bits per heavy atom. The predicted molar refractivity (Wildman–Crippen MR) is 95.4 cm³/mol. The largest absolute Gasteiger partial charge is 0.456 e. The zero-order chi connectivity index (χ0) is 17.8. The molecule has 1 saturated heterocycles. The van der Waals surface area contributed by atoms with Crippen LogP contribution < -0.4 is 5.32 Å². The molecule has 1 N–H and O–H groups in total. The molecule has 1 aliphatic heterocycles. The number of rotatable bonds is 5. The van der Waals surface area contributed by atoms with E-state index < -0.39 is 0 Å². The number of furan rings is 1. The Labute approximate surface area is 148 Å². The molecule has 1 atom stereocenters. The SMILES string of the molecule is Cc1cc(C)c(C(=O)NC2CCN(C(=O)CCc3ccccc3)C2)o1. The van der Waals surface area contributed by atoms with Gasteiger partial charge in [-0.2, -0.15) is 0 Å². The van der Waals surface area contributed by atoms with Gasteiger partial charge >= 0.3 is 0 Å². The van der Waals surface area contributed by atoms with Crippen molar-refractivity contribution in [3.8, 4) is 0 Å². The lowest BCUT2D eigenvalue weighted by Gasteiger charge is -2.17. The van der Waals surface area contributed by atoms with E-state index in [4.69, 9.17) is 4.42 Å². The summed E-state index contributed by atoms with van der Waals surface area (Å²) < 4.78 is 5.46. The van der Waals surface area contributed by atoms with Gasteiger partial charge in [-0.05, 0) is 38.3 Å². The third-order valence-electron chi connectivity index (χ3n) is 4.59. The number of carbonyl (C=O) groups is 2. The fourth-order valence-electron chi connectivity index (χ4n) is 3.28. The van der Waals surface area contributed by atoms with Gasteiger partial charge < -0.3 is 14.6 Å². The summed E-state index contributed by atoms with van der Waals surface area (Å²) in [6.45, 7) is 4.94. The van der Waals surface area contributed by atoms with Crippen LogP contribution in [0.1, 0.15) is 40.3 Å². The number of hydrogen-bond acceptors (Lipinski definition) is 3. The molecular weight excluding hydrogens is 316 g/mol. The minimum absolute atomic E-state index is 0.0158. The van der Waals surface area contributed by atoms with Crippen LogP contribution in [0.5, 0.6) is 0 Å². The van der Waals surface area contributed by atoms with Crippen LogP contribution in [0.4, 0.5) is 0 Å². The number of aryl methyl sites for hydroxylation is 3. The van der Waals surface area contributed by atoms with Crippen LogP contribution in [0, 0.1) is 13.8 Å². The molecule has 1 aromatic heterocycles. The predicted octanol–water partition coefficient (Wildman–Crippen LogP) is 2.86. The standard InChI is InChI=1S/C20H24N2O3/c1-14-12-15(2)25-19(14)20(24)21-17-10-11-22(13-17)18(23)9-8-16-6-4-3-5-7-16/h3-7,12,17H,8-11,13H2,1-2H3,(H,21,24). The molecule has 25 heavy (non-hydrogen) atoms. The Hall–Kier alpha value is -2.56. The highest BCUT2D eigenvalue weighted by atomic mass is 16.3. The zero-order valence-electron chi connectivity index (χ0n) is 14.7. The summed E-state index contributed by atoms with van der Waals surface area (Å²) in [4.78, 5) is 26.5. The van der Waals surface area contributed by atoms with E-state index in [1.54, 1.807) is 0 Å². The van der Waals surface area contributed by atoms with Crippen molar-refractivity contribution in [2.75, 3.05) is 13.1 Å². The third kappa shape index (κ3) is 4.29. The third-order valence-corrected chi connectivity index (χ3v) is 4.59. The molecule has 5 nitrogen and oxygen atoms in total. The molecule has 1 aliphatic rings. The van der Waals surface area contributed by atoms with Gasteiger partial charge in [0.05, 0.1) is 0 Å². The quantitative estimate of drug-likeness (QED) is 0.910. The van der Waals surface area contributed by atoms with Crippen molar-refractivity contribution in [2.24, 2.45) is 0 Å². The fraction of sp³-hybridized carbons (Fsp3) is 0.400. The van der Waals surface area contributed by atoms with Gasteiger partial charge in [0.2, 0.25) is 5.91 Å². The average molecular weight is 340 g/mol. The Balaban J connectivity index is 1.48. The van der Waals surface area contributed by atoms with Gasteiger partial charge in [0, 0.05) is 31.1 Å². The van der Waals surface area contributed by atoms with Gasteiger partial charge in [0.25, 0.3) is 5.91 Å². The van der Waals surface area contributed by atoms with Crippen molar-refractivity contribution >= 4 is 11.8 Å². The van der Waals surface area contributed by atoms with Gasteiger partial charge in [-0.15, -0.1) is 0 Å². The Morgan fingerprint density at radius 2 is 2.00 bits per heavy atom. The number of benzene rings is 1. The number of hydrogen-bond donors (Lipinski definition) is 1. The molecule has 2 heterocycles. The minimum atomic E-state index is -0.200. The van der Waals surface area contributed by atoms with E-state index in [9.17, 15) is 9.59 Å². The van der Waals surface area contributed by atoms with Crippen LogP contribution in [0.3, 0.4) is 0 Å². The second kappa shape index (κ2) is 7.55. The van der Waals surface area contributed by atoms with Gasteiger partial charge in [-0.1, -0.05) is 30.3 Å². The smallest absolute Gasteiger partial charge is 0.287 e. The summed E-state index contributed by atoms with van der Waals surface area (Å²) in [6.07, 6.45) is 2.03. The van der Waals surface area contributed by atoms with Crippen LogP contribution in [0.25, 0.3) is 0 Å². The maximum Gasteiger partial charge on any atom is 0.287 e. The lowest BCUT2D eigenvalue weighted by atomic mass is 10.1. The highest BCUT2D eigenvalue weighted by molar-refractivity contribution is 5.93. The zero-order valence-corrected chi connectivity index (χ0v) is 14.7. The number of carbonyl (C=O) groups excluding carboxylic acids is 2. The molecule has 132 valence electrons. The van der Waals surface area contributed by atoms with Crippen LogP contribution in [0.2, 0.25) is 0 Å². The minimum Gasteiger partial charge on any atom is -0.456 e. The van der Waals surface area contributed by atoms with Crippen LogP contribution in [0.15, 0.2) is 40.8 Å². The fourth-order valence-corrected chi connectivity index (χ4v) is 3.28. The molecule has 0 spiro atoms. The normalized spacial score (nSPS) is 16.9. The maximum absolute atomic E-state index is 12.4. The highest BCUT2D eigenvalue weighted by Crippen LogP contribution is 2.16. The summed E-state index contributed by atoms with van der Waals surface area (Å²) >= 11 is 0. The first-order chi connectivity index (χ1) is 12.0. The Morgan fingerprint density at radius 3 is 2.68 bits per heavy atom. The van der Waals surface area contributed by atoms with Gasteiger partial charge in [0.15, 0.2) is 5.76 Å². The van der Waals surface area contributed by atoms with Gasteiger partial charge in [0.1, 0.15) is 5.76 Å². The first-order valence-corrected chi connectivity index (χ1v) is 8.72. The first-order valence-electron chi connectivity index (χ1n) is 8.72. The molecule has 2 amide bonds. The van der Waals surface area contributed by atoms with Crippen molar-refractivity contribution in [1.29, 1.82) is 0 Å². The van der Waals surface area contributed by atoms with E-state index >= 15 is 0 Å². The molecule has 0 bridgehead atoms. The molecule has 1 fully saturated rings. The van der Waals surface area contributed by atoms with E-state index in [1.165, 1.54) is 5.56 Å². The summed E-state index contributed by atoms with van der Waals surface area (Å²) in [5.41, 5.74) is 2.01. The van der Waals surface area contributed by atoms with Crippen molar-refractivity contribution in [1.82, 2.24) is 10.2 Å². The summed E-state index contributed by atoms with van der Waals surface area (Å²) in [7, 11) is 0. The van der Waals surface area contributed by atoms with E-state index in [0.29, 0.717) is 25.3 Å². The van der Waals surface area contributed by atoms with Crippen molar-refractivity contribution in [2.45, 2.75) is 39.2 Å². The average Bonchev–Trinajstić information content (AvgIpc) is 3.19. The van der Waals surface area contributed by atoms with Crippen molar-refractivity contribution in [3.63, 3.8) is 0 Å². The molecule has 2 aromatic rings. The monoisotopic (exact) mass is 340 g/mol. The second-order valence-corrected chi connectivity index (χ2v) is 6.65. The van der Waals surface area contributed by atoms with Gasteiger partial charge in [-0.25, -0.2) is 0 Å². The van der Waals surface area contributed by atoms with Crippen LogP contribution in [-0.4, -0.2) is 35.8 Å². The van der Waals surface area contributed by atoms with Crippen LogP contribution >= 0.6 is 0 Å². The highest BCUT2D eigenvalue weighted by Gasteiger charge is 2.28. The molecule has 0 saturated carbocycles. The molecule has 1 unspecified atom stereocenters. The second-order valence-electron chi connectivity index (χ2n) is 6.65. The van der Waals surface area contributed by atoms with Crippen molar-refractivity contribution < 1.29 is 14.0 Å². The number of nitrogens with one attached hydrogen (secondary N) is 1. The molecular formula is C20H24N2O3. The molecule has 1 aromatic carbocycles. The lowest BCUT2D eigenvalue weighted by molar-refractivity contribution is -0.130. The maximum atomic E-state index is 12.4. The van der Waals surface area contributed by atoms with E-state index in [0.717, 1.165) is 24.2 Å². The molecule has 3 rings (SSSR count). The number of amides is 2. The summed E-state index contributed by atoms with van der Waals surface area (Å²) in [5, 5.41) is 2.98. The molecule has 5 heteroatoms. The van der Waals surface area contributed by atoms with E-state index in [1.807, 2.05) is 55.1 Å². The first kappa shape index (κ1) is 17.3. The number of likely N-dealkylation sites (tertiary alicyclic amines) is 1. The van der Waals surface area contributed by atoms with Crippen molar-refractivity contribution in [3.05, 3.63) is 59.0 Å². The molecule has 0 radical (unpaired) electrons. The summed E-state index contributed by atoms with van der Waals surface area (Å²) in [5.74, 6) is 1.04. The lowest BCUT2D eigenvalue weighted by Crippen LogP contribution is -2.38. The Kier molecular flexibility index (Phi) is 5.22. The summed E-state index contributed by atoms with van der Waals surface area (Å²) in [6, 6.07) is 11.9. The van der Waals surface area contributed by atoms with E-state index in [2.05, 4.69) is 5.32 Å². The Bertz CT molecular complexity index is 752.